The molecule has 6 heteroatoms. The van der Waals surface area contributed by atoms with E-state index in [1.807, 2.05) is 30.3 Å². The number of hydrogen-bond acceptors (Lipinski definition) is 2. The van der Waals surface area contributed by atoms with Crippen molar-refractivity contribution >= 4 is 22.5 Å². The van der Waals surface area contributed by atoms with Crippen LogP contribution in [-0.2, 0) is 11.2 Å². The third kappa shape index (κ3) is 3.14. The Labute approximate surface area is 143 Å². The quantitative estimate of drug-likeness (QED) is 0.598. The van der Waals surface area contributed by atoms with Crippen LogP contribution in [0, 0.1) is 5.82 Å². The Bertz CT molecular complexity index is 1040. The third-order valence-corrected chi connectivity index (χ3v) is 3.97. The van der Waals surface area contributed by atoms with Gasteiger partial charge in [0.1, 0.15) is 5.82 Å². The van der Waals surface area contributed by atoms with Crippen LogP contribution in [0.2, 0.25) is 0 Å². The number of hydrogen-bond donors (Lipinski definition) is 2. The highest BCUT2D eigenvalue weighted by atomic mass is 19.1. The Morgan fingerprint density at radius 3 is 2.88 bits per heavy atom. The van der Waals surface area contributed by atoms with E-state index in [1.165, 1.54) is 12.1 Å². The number of amides is 1. The van der Waals surface area contributed by atoms with Crippen molar-refractivity contribution < 1.29 is 9.18 Å². The number of para-hydroxylation sites is 1. The number of benzene rings is 2. The average Bonchev–Trinajstić information content (AvgIpc) is 3.23. The lowest BCUT2D eigenvalue weighted by Gasteiger charge is -2.02. The molecular weight excluding hydrogens is 319 g/mol. The number of nitrogens with zero attached hydrogens (tertiary/aromatic N) is 2. The van der Waals surface area contributed by atoms with Gasteiger partial charge in [-0.05, 0) is 35.9 Å². The first-order valence-corrected chi connectivity index (χ1v) is 7.84. The number of nitrogens with one attached hydrogen (secondary N) is 2. The van der Waals surface area contributed by atoms with Crippen molar-refractivity contribution in [2.24, 2.45) is 0 Å². The standard InChI is InChI=1S/C19H15FN4O/c20-14-6-7-18-17(9-14)13(10-21-18)8-19(25)23-15-11-22-24(12-15)16-4-2-1-3-5-16/h1-7,9-12,21H,8H2,(H,23,25). The molecule has 4 aromatic rings. The van der Waals surface area contributed by atoms with E-state index in [0.717, 1.165) is 22.2 Å². The third-order valence-electron chi connectivity index (χ3n) is 3.97. The summed E-state index contributed by atoms with van der Waals surface area (Å²) in [6, 6.07) is 14.1. The summed E-state index contributed by atoms with van der Waals surface area (Å²) in [5.41, 5.74) is 3.08. The highest BCUT2D eigenvalue weighted by molar-refractivity contribution is 5.95. The Morgan fingerprint density at radius 1 is 1.20 bits per heavy atom. The number of aromatic nitrogens is 3. The van der Waals surface area contributed by atoms with Gasteiger partial charge in [0.15, 0.2) is 0 Å². The fourth-order valence-corrected chi connectivity index (χ4v) is 2.78. The normalized spacial score (nSPS) is 10.9. The topological polar surface area (TPSA) is 62.7 Å². The van der Waals surface area contributed by atoms with Crippen molar-refractivity contribution in [3.05, 3.63) is 78.5 Å². The molecule has 2 N–H and O–H groups in total. The van der Waals surface area contributed by atoms with Crippen LogP contribution in [0.5, 0.6) is 0 Å². The number of rotatable bonds is 4. The van der Waals surface area contributed by atoms with E-state index in [1.54, 1.807) is 29.3 Å². The van der Waals surface area contributed by atoms with E-state index in [0.29, 0.717) is 5.69 Å². The molecule has 2 aromatic heterocycles. The van der Waals surface area contributed by atoms with Crippen LogP contribution in [0.4, 0.5) is 10.1 Å². The molecule has 0 aliphatic carbocycles. The minimum Gasteiger partial charge on any atom is -0.361 e. The molecule has 0 atom stereocenters. The van der Waals surface area contributed by atoms with E-state index in [2.05, 4.69) is 15.4 Å². The van der Waals surface area contributed by atoms with Crippen molar-refractivity contribution in [1.29, 1.82) is 0 Å². The van der Waals surface area contributed by atoms with E-state index in [4.69, 9.17) is 0 Å². The maximum Gasteiger partial charge on any atom is 0.228 e. The van der Waals surface area contributed by atoms with Crippen molar-refractivity contribution in [2.75, 3.05) is 5.32 Å². The van der Waals surface area contributed by atoms with E-state index in [9.17, 15) is 9.18 Å². The second kappa shape index (κ2) is 6.24. The summed E-state index contributed by atoms with van der Waals surface area (Å²) in [7, 11) is 0. The molecule has 0 spiro atoms. The van der Waals surface area contributed by atoms with Crippen molar-refractivity contribution in [1.82, 2.24) is 14.8 Å². The molecule has 0 unspecified atom stereocenters. The zero-order chi connectivity index (χ0) is 17.2. The van der Waals surface area contributed by atoms with Crippen LogP contribution in [0.3, 0.4) is 0 Å². The molecule has 0 radical (unpaired) electrons. The minimum atomic E-state index is -0.321. The maximum absolute atomic E-state index is 13.4. The first-order valence-electron chi connectivity index (χ1n) is 7.84. The molecule has 4 rings (SSSR count). The smallest absolute Gasteiger partial charge is 0.228 e. The van der Waals surface area contributed by atoms with E-state index >= 15 is 0 Å². The monoisotopic (exact) mass is 334 g/mol. The van der Waals surface area contributed by atoms with Gasteiger partial charge in [-0.25, -0.2) is 9.07 Å². The maximum atomic E-state index is 13.4. The fourth-order valence-electron chi connectivity index (χ4n) is 2.78. The summed E-state index contributed by atoms with van der Waals surface area (Å²) < 4.78 is 15.1. The Kier molecular flexibility index (Phi) is 3.78. The highest BCUT2D eigenvalue weighted by Crippen LogP contribution is 2.20. The summed E-state index contributed by atoms with van der Waals surface area (Å²) in [6.45, 7) is 0. The molecule has 0 saturated carbocycles. The molecule has 0 fully saturated rings. The molecule has 2 heterocycles. The van der Waals surface area contributed by atoms with Gasteiger partial charge in [0.05, 0.1) is 30.2 Å². The molecule has 0 aliphatic heterocycles. The molecule has 0 bridgehead atoms. The second-order valence-electron chi connectivity index (χ2n) is 5.74. The van der Waals surface area contributed by atoms with Crippen LogP contribution in [0.25, 0.3) is 16.6 Å². The summed E-state index contributed by atoms with van der Waals surface area (Å²) in [4.78, 5) is 15.3. The summed E-state index contributed by atoms with van der Waals surface area (Å²) in [5, 5.41) is 7.78. The highest BCUT2D eigenvalue weighted by Gasteiger charge is 2.11. The lowest BCUT2D eigenvalue weighted by Crippen LogP contribution is -2.13. The van der Waals surface area contributed by atoms with Gasteiger partial charge in [-0.1, -0.05) is 18.2 Å². The molecule has 25 heavy (non-hydrogen) atoms. The largest absolute Gasteiger partial charge is 0.361 e. The van der Waals surface area contributed by atoms with Crippen molar-refractivity contribution in [2.45, 2.75) is 6.42 Å². The number of fused-ring (bicyclic) bond motifs is 1. The summed E-state index contributed by atoms with van der Waals surface area (Å²) in [6.07, 6.45) is 5.24. The zero-order valence-corrected chi connectivity index (χ0v) is 13.2. The Balaban J connectivity index is 1.49. The Morgan fingerprint density at radius 2 is 2.04 bits per heavy atom. The second-order valence-corrected chi connectivity index (χ2v) is 5.74. The molecule has 0 aliphatic rings. The number of carbonyl (C=O) groups is 1. The van der Waals surface area contributed by atoms with Gasteiger partial charge in [0.2, 0.25) is 5.91 Å². The van der Waals surface area contributed by atoms with Gasteiger partial charge in [-0.2, -0.15) is 5.10 Å². The van der Waals surface area contributed by atoms with Gasteiger partial charge in [0, 0.05) is 17.1 Å². The van der Waals surface area contributed by atoms with E-state index in [-0.39, 0.29) is 18.1 Å². The van der Waals surface area contributed by atoms with Crippen LogP contribution in [0.15, 0.2) is 67.1 Å². The zero-order valence-electron chi connectivity index (χ0n) is 13.2. The lowest BCUT2D eigenvalue weighted by molar-refractivity contribution is -0.115. The van der Waals surface area contributed by atoms with Crippen molar-refractivity contribution in [3.63, 3.8) is 0 Å². The number of carbonyl (C=O) groups excluding carboxylic acids is 1. The van der Waals surface area contributed by atoms with Gasteiger partial charge in [-0.15, -0.1) is 0 Å². The molecular formula is C19H15FN4O. The number of H-pyrrole nitrogens is 1. The first-order chi connectivity index (χ1) is 12.2. The van der Waals surface area contributed by atoms with Crippen LogP contribution in [-0.4, -0.2) is 20.7 Å². The van der Waals surface area contributed by atoms with Gasteiger partial charge < -0.3 is 10.3 Å². The SMILES string of the molecule is O=C(Cc1c[nH]c2ccc(F)cc12)Nc1cnn(-c2ccccc2)c1. The predicted octanol–water partition coefficient (Wildman–Crippen LogP) is 3.67. The number of anilines is 1. The molecule has 2 aromatic carbocycles. The van der Waals surface area contributed by atoms with Crippen LogP contribution >= 0.6 is 0 Å². The summed E-state index contributed by atoms with van der Waals surface area (Å²) >= 11 is 0. The van der Waals surface area contributed by atoms with Crippen LogP contribution < -0.4 is 5.32 Å². The molecule has 0 saturated heterocycles. The molecule has 5 nitrogen and oxygen atoms in total. The predicted molar refractivity (Wildman–Crippen MR) is 94.2 cm³/mol. The van der Waals surface area contributed by atoms with Gasteiger partial charge >= 0.3 is 0 Å². The van der Waals surface area contributed by atoms with Crippen molar-refractivity contribution in [3.8, 4) is 5.69 Å². The fraction of sp³-hybridized carbons (Fsp3) is 0.0526. The minimum absolute atomic E-state index is 0.153. The number of halogens is 1. The summed E-state index contributed by atoms with van der Waals surface area (Å²) in [5.74, 6) is -0.504. The first kappa shape index (κ1) is 15.1. The molecule has 1 amide bonds. The molecule has 124 valence electrons. The Hall–Kier alpha value is -3.41. The lowest BCUT2D eigenvalue weighted by atomic mass is 10.1. The van der Waals surface area contributed by atoms with Gasteiger partial charge in [-0.3, -0.25) is 4.79 Å². The van der Waals surface area contributed by atoms with E-state index < -0.39 is 0 Å². The average molecular weight is 334 g/mol. The van der Waals surface area contributed by atoms with Crippen LogP contribution in [0.1, 0.15) is 5.56 Å². The van der Waals surface area contributed by atoms with Gasteiger partial charge in [0.25, 0.3) is 0 Å². The number of aromatic amines is 1.